The number of ether oxygens (including phenoxy) is 1. The summed E-state index contributed by atoms with van der Waals surface area (Å²) < 4.78 is 16.6. The molecule has 3 aromatic heterocycles. The van der Waals surface area contributed by atoms with Gasteiger partial charge in [-0.1, -0.05) is 5.16 Å². The lowest BCUT2D eigenvalue weighted by molar-refractivity contribution is 0.0151. The number of carbonyl (C=O) groups is 1. The lowest BCUT2D eigenvalue weighted by atomic mass is 10.0. The van der Waals surface area contributed by atoms with E-state index in [2.05, 4.69) is 20.0 Å². The molecule has 3 aromatic rings. The van der Waals surface area contributed by atoms with Crippen molar-refractivity contribution >= 4 is 17.1 Å². The van der Waals surface area contributed by atoms with Crippen LogP contribution in [-0.2, 0) is 11.3 Å². The number of likely N-dealkylation sites (tertiary alicyclic amines) is 1. The van der Waals surface area contributed by atoms with Crippen LogP contribution < -0.4 is 0 Å². The van der Waals surface area contributed by atoms with Gasteiger partial charge in [-0.2, -0.15) is 4.98 Å². The number of hydrogen-bond donors (Lipinski definition) is 0. The second kappa shape index (κ2) is 8.06. The van der Waals surface area contributed by atoms with Crippen LogP contribution in [0, 0.1) is 0 Å². The zero-order valence-corrected chi connectivity index (χ0v) is 17.8. The molecule has 0 saturated carbocycles. The summed E-state index contributed by atoms with van der Waals surface area (Å²) in [6, 6.07) is 3.98. The number of amides is 1. The van der Waals surface area contributed by atoms with Gasteiger partial charge in [-0.25, -0.2) is 4.79 Å². The predicted molar refractivity (Wildman–Crippen MR) is 110 cm³/mol. The molecule has 0 radical (unpaired) electrons. The second-order valence-electron chi connectivity index (χ2n) is 8.65. The number of pyridine rings is 1. The highest BCUT2D eigenvalue weighted by Gasteiger charge is 2.29. The van der Waals surface area contributed by atoms with Crippen molar-refractivity contribution in [3.8, 4) is 11.7 Å². The number of carbonyl (C=O) groups excluding carboxylic acids is 1. The molecule has 1 aliphatic rings. The van der Waals surface area contributed by atoms with Crippen molar-refractivity contribution in [1.82, 2.24) is 24.9 Å². The highest BCUT2D eigenvalue weighted by atomic mass is 16.6. The predicted octanol–water partition coefficient (Wildman–Crippen LogP) is 3.71. The van der Waals surface area contributed by atoms with E-state index in [1.165, 1.54) is 0 Å². The van der Waals surface area contributed by atoms with Crippen LogP contribution in [0.25, 0.3) is 22.6 Å². The van der Waals surface area contributed by atoms with E-state index in [4.69, 9.17) is 13.7 Å². The third-order valence-electron chi connectivity index (χ3n) is 5.13. The maximum absolute atomic E-state index is 12.2. The Bertz CT molecular complexity index is 981. The van der Waals surface area contributed by atoms with E-state index in [1.807, 2.05) is 33.9 Å². The Morgan fingerprint density at radius 1 is 1.33 bits per heavy atom. The van der Waals surface area contributed by atoms with Crippen LogP contribution in [0.15, 0.2) is 33.5 Å². The van der Waals surface area contributed by atoms with E-state index in [-0.39, 0.29) is 6.09 Å². The van der Waals surface area contributed by atoms with Gasteiger partial charge in [0.05, 0.1) is 6.54 Å². The lowest BCUT2D eigenvalue weighted by Crippen LogP contribution is -2.46. The van der Waals surface area contributed by atoms with Crippen LogP contribution in [0.3, 0.4) is 0 Å². The minimum atomic E-state index is -0.475. The highest BCUT2D eigenvalue weighted by molar-refractivity contribution is 5.80. The normalized spacial score (nSPS) is 15.8. The summed E-state index contributed by atoms with van der Waals surface area (Å²) in [5.41, 5.74) is 0.255. The number of fused-ring (bicyclic) bond motifs is 1. The molecule has 4 heterocycles. The van der Waals surface area contributed by atoms with Crippen LogP contribution in [0.4, 0.5) is 4.79 Å². The fourth-order valence-electron chi connectivity index (χ4n) is 3.58. The largest absolute Gasteiger partial charge is 0.451 e. The summed E-state index contributed by atoms with van der Waals surface area (Å²) in [5.74, 6) is 1.49. The first-order valence-electron chi connectivity index (χ1n) is 10.1. The third kappa shape index (κ3) is 4.62. The van der Waals surface area contributed by atoms with Crippen LogP contribution in [0.5, 0.6) is 0 Å². The standard InChI is InChI=1S/C21H27N5O4/c1-21(2,3)29-20(27)26-9-6-15(7-10-26)25(4)13-18-23-19(30-24-18)17-11-14-12-22-8-5-16(14)28-17/h5,8,11-12,15H,6-7,9-10,13H2,1-4H3. The topological polar surface area (TPSA) is 97.7 Å². The van der Waals surface area contributed by atoms with Gasteiger partial charge in [-0.3, -0.25) is 9.88 Å². The Morgan fingerprint density at radius 3 is 2.80 bits per heavy atom. The minimum Gasteiger partial charge on any atom is -0.451 e. The minimum absolute atomic E-state index is 0.243. The number of nitrogens with zero attached hydrogens (tertiary/aromatic N) is 5. The molecule has 0 atom stereocenters. The molecule has 1 aliphatic heterocycles. The van der Waals surface area contributed by atoms with Gasteiger partial charge in [0.2, 0.25) is 0 Å². The van der Waals surface area contributed by atoms with Crippen LogP contribution >= 0.6 is 0 Å². The SMILES string of the molecule is CN(Cc1noc(-c2cc3cnccc3o2)n1)C1CCN(C(=O)OC(C)(C)C)CC1. The first-order valence-corrected chi connectivity index (χ1v) is 10.1. The van der Waals surface area contributed by atoms with Gasteiger partial charge in [-0.05, 0) is 52.8 Å². The summed E-state index contributed by atoms with van der Waals surface area (Å²) in [7, 11) is 2.04. The third-order valence-corrected chi connectivity index (χ3v) is 5.13. The molecule has 0 aliphatic carbocycles. The number of rotatable bonds is 4. The van der Waals surface area contributed by atoms with Crippen LogP contribution in [0.1, 0.15) is 39.4 Å². The molecule has 0 aromatic carbocycles. The fraction of sp³-hybridized carbons (Fsp3) is 0.524. The van der Waals surface area contributed by atoms with Crippen molar-refractivity contribution in [3.05, 3.63) is 30.4 Å². The maximum Gasteiger partial charge on any atom is 0.410 e. The van der Waals surface area contributed by atoms with Crippen molar-refractivity contribution in [2.45, 2.75) is 51.8 Å². The molecule has 0 N–H and O–H groups in total. The average molecular weight is 413 g/mol. The molecule has 9 nitrogen and oxygen atoms in total. The van der Waals surface area contributed by atoms with Crippen molar-refractivity contribution in [3.63, 3.8) is 0 Å². The molecular weight excluding hydrogens is 386 g/mol. The summed E-state index contributed by atoms with van der Waals surface area (Å²) in [6.07, 6.45) is 4.91. The van der Waals surface area contributed by atoms with Gasteiger partial charge >= 0.3 is 6.09 Å². The van der Waals surface area contributed by atoms with Gasteiger partial charge in [0.25, 0.3) is 5.89 Å². The van der Waals surface area contributed by atoms with E-state index in [0.29, 0.717) is 43.2 Å². The summed E-state index contributed by atoms with van der Waals surface area (Å²) in [6.45, 7) is 7.55. The van der Waals surface area contributed by atoms with E-state index in [9.17, 15) is 4.79 Å². The van der Waals surface area contributed by atoms with Gasteiger partial charge in [0.15, 0.2) is 11.6 Å². The van der Waals surface area contributed by atoms with Gasteiger partial charge < -0.3 is 18.6 Å². The van der Waals surface area contributed by atoms with Crippen LogP contribution in [0.2, 0.25) is 0 Å². The van der Waals surface area contributed by atoms with E-state index >= 15 is 0 Å². The Kier molecular flexibility index (Phi) is 5.46. The molecule has 30 heavy (non-hydrogen) atoms. The molecule has 0 bridgehead atoms. The van der Waals surface area contributed by atoms with Crippen molar-refractivity contribution < 1.29 is 18.5 Å². The first kappa shape index (κ1) is 20.3. The van der Waals surface area contributed by atoms with Gasteiger partial charge in [0.1, 0.15) is 11.2 Å². The maximum atomic E-state index is 12.2. The first-order chi connectivity index (χ1) is 14.3. The number of piperidine rings is 1. The molecule has 1 amide bonds. The monoisotopic (exact) mass is 413 g/mol. The van der Waals surface area contributed by atoms with E-state index < -0.39 is 5.60 Å². The molecular formula is C21H27N5O4. The van der Waals surface area contributed by atoms with Crippen molar-refractivity contribution in [2.75, 3.05) is 20.1 Å². The van der Waals surface area contributed by atoms with E-state index in [1.54, 1.807) is 23.4 Å². The summed E-state index contributed by atoms with van der Waals surface area (Å²) in [5, 5.41) is 4.98. The highest BCUT2D eigenvalue weighted by Crippen LogP contribution is 2.26. The van der Waals surface area contributed by atoms with E-state index in [0.717, 1.165) is 23.8 Å². The summed E-state index contributed by atoms with van der Waals surface area (Å²) >= 11 is 0. The average Bonchev–Trinajstić information content (AvgIpc) is 3.33. The second-order valence-corrected chi connectivity index (χ2v) is 8.65. The molecule has 160 valence electrons. The van der Waals surface area contributed by atoms with Crippen molar-refractivity contribution in [2.24, 2.45) is 0 Å². The number of hydrogen-bond acceptors (Lipinski definition) is 8. The van der Waals surface area contributed by atoms with Gasteiger partial charge in [-0.15, -0.1) is 0 Å². The molecule has 9 heteroatoms. The van der Waals surface area contributed by atoms with Crippen molar-refractivity contribution in [1.29, 1.82) is 0 Å². The molecule has 0 spiro atoms. The Morgan fingerprint density at radius 2 is 2.10 bits per heavy atom. The molecule has 0 unspecified atom stereocenters. The zero-order valence-electron chi connectivity index (χ0n) is 17.8. The molecule has 1 fully saturated rings. The lowest BCUT2D eigenvalue weighted by Gasteiger charge is -2.36. The quantitative estimate of drug-likeness (QED) is 0.638. The smallest absolute Gasteiger partial charge is 0.410 e. The number of furan rings is 1. The Balaban J connectivity index is 1.33. The fourth-order valence-corrected chi connectivity index (χ4v) is 3.58. The van der Waals surface area contributed by atoms with Crippen LogP contribution in [-0.4, -0.2) is 62.8 Å². The zero-order chi connectivity index (χ0) is 21.3. The van der Waals surface area contributed by atoms with Gasteiger partial charge in [0, 0.05) is 36.9 Å². The summed E-state index contributed by atoms with van der Waals surface area (Å²) in [4.78, 5) is 24.8. The number of aromatic nitrogens is 3. The molecule has 1 saturated heterocycles. The Labute approximate surface area is 175 Å². The molecule has 4 rings (SSSR count). The Hall–Kier alpha value is -2.94.